The summed E-state index contributed by atoms with van der Waals surface area (Å²) in [7, 11) is 0. The average Bonchev–Trinajstić information content (AvgIpc) is 2.64. The van der Waals surface area contributed by atoms with Crippen LogP contribution >= 0.6 is 0 Å². The first kappa shape index (κ1) is 7.21. The fourth-order valence-corrected chi connectivity index (χ4v) is 4.09. The van der Waals surface area contributed by atoms with E-state index in [1.54, 1.807) is 0 Å². The van der Waals surface area contributed by atoms with Crippen molar-refractivity contribution in [3.63, 3.8) is 0 Å². The van der Waals surface area contributed by atoms with Crippen molar-refractivity contribution in [3.05, 3.63) is 12.2 Å². The van der Waals surface area contributed by atoms with Gasteiger partial charge in [-0.3, -0.25) is 9.59 Å². The van der Waals surface area contributed by atoms with Gasteiger partial charge in [0.2, 0.25) is 0 Å². The molecule has 3 aliphatic carbocycles. The molecule has 6 atom stereocenters. The standard InChI is InChI=1S/C11H10O3/c12-10-8-6-4-1-2-5(3-4)7(6)9(8)11(13)14-10/h1-2,4-9H,3H2/t4-,5+,6-,7-,8-,9-/m1/s1. The van der Waals surface area contributed by atoms with Crippen LogP contribution in [0.3, 0.4) is 0 Å². The molecule has 0 N–H and O–H groups in total. The van der Waals surface area contributed by atoms with E-state index in [2.05, 4.69) is 12.2 Å². The third kappa shape index (κ3) is 0.552. The molecule has 72 valence electrons. The van der Waals surface area contributed by atoms with Gasteiger partial charge in [-0.15, -0.1) is 0 Å². The topological polar surface area (TPSA) is 43.4 Å². The van der Waals surface area contributed by atoms with Crippen LogP contribution in [0.1, 0.15) is 6.42 Å². The number of carbonyl (C=O) groups excluding carboxylic acids is 2. The minimum Gasteiger partial charge on any atom is -0.393 e. The summed E-state index contributed by atoms with van der Waals surface area (Å²) in [6, 6.07) is 0. The third-order valence-electron chi connectivity index (χ3n) is 4.54. The molecule has 0 amide bonds. The van der Waals surface area contributed by atoms with Crippen LogP contribution in [-0.2, 0) is 14.3 Å². The maximum atomic E-state index is 11.4. The van der Waals surface area contributed by atoms with Crippen molar-refractivity contribution in [2.24, 2.45) is 35.5 Å². The fraction of sp³-hybridized carbons (Fsp3) is 0.636. The smallest absolute Gasteiger partial charge is 0.317 e. The molecule has 0 aromatic heterocycles. The molecule has 0 radical (unpaired) electrons. The Morgan fingerprint density at radius 2 is 1.50 bits per heavy atom. The van der Waals surface area contributed by atoms with Crippen molar-refractivity contribution in [2.75, 3.05) is 0 Å². The highest BCUT2D eigenvalue weighted by Crippen LogP contribution is 2.65. The third-order valence-corrected chi connectivity index (χ3v) is 4.54. The highest BCUT2D eigenvalue weighted by Gasteiger charge is 2.70. The van der Waals surface area contributed by atoms with Crippen LogP contribution in [-0.4, -0.2) is 11.9 Å². The lowest BCUT2D eigenvalue weighted by Crippen LogP contribution is -2.50. The first-order valence-electron chi connectivity index (χ1n) is 5.21. The number of carbonyl (C=O) groups is 2. The molecule has 2 saturated carbocycles. The van der Waals surface area contributed by atoms with Crippen molar-refractivity contribution in [3.8, 4) is 0 Å². The van der Waals surface area contributed by atoms with Crippen LogP contribution in [0.4, 0.5) is 0 Å². The molecule has 0 aromatic rings. The van der Waals surface area contributed by atoms with E-state index >= 15 is 0 Å². The van der Waals surface area contributed by atoms with E-state index in [1.165, 1.54) is 0 Å². The average molecular weight is 190 g/mol. The van der Waals surface area contributed by atoms with Crippen molar-refractivity contribution < 1.29 is 14.3 Å². The SMILES string of the molecule is O=C1OC(=O)[C@H]2[C@H]1[C@H]1[C@H]2[C@H]2C=C[C@@H]1C2. The number of allylic oxidation sites excluding steroid dienone is 2. The summed E-state index contributed by atoms with van der Waals surface area (Å²) in [6.45, 7) is 0. The van der Waals surface area contributed by atoms with Gasteiger partial charge in [-0.1, -0.05) is 12.2 Å². The quantitative estimate of drug-likeness (QED) is 0.321. The Hall–Kier alpha value is -1.12. The van der Waals surface area contributed by atoms with E-state index in [9.17, 15) is 9.59 Å². The van der Waals surface area contributed by atoms with Gasteiger partial charge in [0, 0.05) is 0 Å². The van der Waals surface area contributed by atoms with Gasteiger partial charge in [0.15, 0.2) is 0 Å². The second-order valence-electron chi connectivity index (χ2n) is 4.89. The summed E-state index contributed by atoms with van der Waals surface area (Å²) < 4.78 is 4.70. The maximum absolute atomic E-state index is 11.4. The monoisotopic (exact) mass is 190 g/mol. The molecule has 3 nitrogen and oxygen atoms in total. The van der Waals surface area contributed by atoms with Gasteiger partial charge in [-0.2, -0.15) is 0 Å². The molecule has 0 unspecified atom stereocenters. The molecule has 14 heavy (non-hydrogen) atoms. The Bertz CT molecular complexity index is 350. The first-order chi connectivity index (χ1) is 6.77. The fourth-order valence-electron chi connectivity index (χ4n) is 4.09. The van der Waals surface area contributed by atoms with E-state index in [0.717, 1.165) is 6.42 Å². The maximum Gasteiger partial charge on any atom is 0.317 e. The molecule has 0 spiro atoms. The molecule has 4 rings (SSSR count). The lowest BCUT2D eigenvalue weighted by Gasteiger charge is -2.45. The zero-order valence-corrected chi connectivity index (χ0v) is 7.55. The number of hydrogen-bond acceptors (Lipinski definition) is 3. The molecule has 1 saturated heterocycles. The zero-order valence-electron chi connectivity index (χ0n) is 7.55. The molecule has 3 fully saturated rings. The van der Waals surface area contributed by atoms with Crippen LogP contribution in [0.25, 0.3) is 0 Å². The van der Waals surface area contributed by atoms with Gasteiger partial charge < -0.3 is 4.74 Å². The Kier molecular flexibility index (Phi) is 1.00. The van der Waals surface area contributed by atoms with Gasteiger partial charge >= 0.3 is 11.9 Å². The lowest BCUT2D eigenvalue weighted by molar-refractivity contribution is -0.153. The van der Waals surface area contributed by atoms with E-state index in [1.807, 2.05) is 0 Å². The molecule has 2 bridgehead atoms. The normalized spacial score (nSPS) is 56.9. The Morgan fingerprint density at radius 3 is 2.00 bits per heavy atom. The minimum absolute atomic E-state index is 0.0903. The van der Waals surface area contributed by atoms with Crippen molar-refractivity contribution in [1.29, 1.82) is 0 Å². The summed E-state index contributed by atoms with van der Waals surface area (Å²) >= 11 is 0. The van der Waals surface area contributed by atoms with Crippen LogP contribution in [0.5, 0.6) is 0 Å². The summed E-state index contributed by atoms with van der Waals surface area (Å²) in [6.07, 6.45) is 5.60. The van der Waals surface area contributed by atoms with Crippen LogP contribution in [0.15, 0.2) is 12.2 Å². The number of ether oxygens (including phenoxy) is 1. The molecule has 4 aliphatic rings. The van der Waals surface area contributed by atoms with Crippen LogP contribution < -0.4 is 0 Å². The number of rotatable bonds is 0. The van der Waals surface area contributed by atoms with Crippen molar-refractivity contribution >= 4 is 11.9 Å². The predicted octanol–water partition coefficient (Wildman–Crippen LogP) is 0.754. The number of cyclic esters (lactones) is 2. The first-order valence-corrected chi connectivity index (χ1v) is 5.21. The van der Waals surface area contributed by atoms with E-state index in [0.29, 0.717) is 23.7 Å². The largest absolute Gasteiger partial charge is 0.393 e. The minimum atomic E-state index is -0.262. The number of esters is 2. The summed E-state index contributed by atoms with van der Waals surface area (Å²) in [5, 5.41) is 0. The van der Waals surface area contributed by atoms with Crippen LogP contribution in [0, 0.1) is 35.5 Å². The van der Waals surface area contributed by atoms with Gasteiger partial charge in [0.05, 0.1) is 11.8 Å². The highest BCUT2D eigenvalue weighted by atomic mass is 16.6. The zero-order chi connectivity index (χ0) is 9.45. The van der Waals surface area contributed by atoms with E-state index < -0.39 is 0 Å². The summed E-state index contributed by atoms with van der Waals surface area (Å²) in [5.74, 6) is 1.24. The molecule has 1 aliphatic heterocycles. The number of fused-ring (bicyclic) bond motifs is 8. The van der Waals surface area contributed by atoms with Gasteiger partial charge in [-0.25, -0.2) is 0 Å². The van der Waals surface area contributed by atoms with Gasteiger partial charge in [0.1, 0.15) is 0 Å². The van der Waals surface area contributed by atoms with Crippen molar-refractivity contribution in [2.45, 2.75) is 6.42 Å². The predicted molar refractivity (Wildman–Crippen MR) is 45.8 cm³/mol. The van der Waals surface area contributed by atoms with Gasteiger partial charge in [-0.05, 0) is 30.1 Å². The highest BCUT2D eigenvalue weighted by molar-refractivity contribution is 5.98. The second-order valence-corrected chi connectivity index (χ2v) is 4.89. The van der Waals surface area contributed by atoms with E-state index in [-0.39, 0.29) is 23.8 Å². The Morgan fingerprint density at radius 1 is 1.00 bits per heavy atom. The lowest BCUT2D eigenvalue weighted by atomic mass is 9.54. The summed E-state index contributed by atoms with van der Waals surface area (Å²) in [5.41, 5.74) is 0. The number of hydrogen-bond donors (Lipinski definition) is 0. The second kappa shape index (κ2) is 1.95. The van der Waals surface area contributed by atoms with Crippen LogP contribution in [0.2, 0.25) is 0 Å². The van der Waals surface area contributed by atoms with Crippen molar-refractivity contribution in [1.82, 2.24) is 0 Å². The molecule has 1 heterocycles. The molecular weight excluding hydrogens is 180 g/mol. The molecular formula is C11H10O3. The molecule has 3 heteroatoms. The summed E-state index contributed by atoms with van der Waals surface area (Å²) in [4.78, 5) is 22.8. The Balaban J connectivity index is 1.80. The van der Waals surface area contributed by atoms with E-state index in [4.69, 9.17) is 4.74 Å². The Labute approximate surface area is 81.1 Å². The molecule has 0 aromatic carbocycles. The van der Waals surface area contributed by atoms with Gasteiger partial charge in [0.25, 0.3) is 0 Å².